The number of hydrogen-bond acceptors (Lipinski definition) is 3. The van der Waals surface area contributed by atoms with Gasteiger partial charge in [-0.1, -0.05) is 30.3 Å². The first kappa shape index (κ1) is 13.6. The van der Waals surface area contributed by atoms with Crippen molar-refractivity contribution in [2.75, 3.05) is 0 Å². The number of hydrogen-bond donors (Lipinski definition) is 2. The quantitative estimate of drug-likeness (QED) is 0.884. The highest BCUT2D eigenvalue weighted by atomic mass is 16.5. The van der Waals surface area contributed by atoms with Gasteiger partial charge in [0.05, 0.1) is 0 Å². The molecule has 0 amide bonds. The summed E-state index contributed by atoms with van der Waals surface area (Å²) < 4.78 is 5.69. The Morgan fingerprint density at radius 1 is 1.05 bits per heavy atom. The predicted octanol–water partition coefficient (Wildman–Crippen LogP) is 3.13. The Labute approximate surface area is 123 Å². The average Bonchev–Trinajstić information content (AvgIpc) is 3.33. The molecule has 0 aromatic heterocycles. The SMILES string of the molecule is NC(C(=O)O)(c1ccc(Oc2ccccc2)cc1)C1CC1. The Hall–Kier alpha value is -2.33. The van der Waals surface area contributed by atoms with E-state index in [1.165, 1.54) is 0 Å². The van der Waals surface area contributed by atoms with Crippen molar-refractivity contribution in [1.82, 2.24) is 0 Å². The molecule has 1 aliphatic rings. The van der Waals surface area contributed by atoms with E-state index in [0.717, 1.165) is 18.6 Å². The summed E-state index contributed by atoms with van der Waals surface area (Å²) in [6.07, 6.45) is 1.73. The molecule has 1 atom stereocenters. The Morgan fingerprint density at radius 3 is 2.14 bits per heavy atom. The maximum absolute atomic E-state index is 11.5. The van der Waals surface area contributed by atoms with Crippen LogP contribution < -0.4 is 10.5 Å². The van der Waals surface area contributed by atoms with Gasteiger partial charge in [0.15, 0.2) is 0 Å². The molecule has 1 fully saturated rings. The van der Waals surface area contributed by atoms with Gasteiger partial charge in [0, 0.05) is 0 Å². The molecule has 2 aromatic carbocycles. The lowest BCUT2D eigenvalue weighted by atomic mass is 9.86. The van der Waals surface area contributed by atoms with E-state index in [9.17, 15) is 9.90 Å². The molecule has 1 saturated carbocycles. The summed E-state index contributed by atoms with van der Waals surface area (Å²) in [4.78, 5) is 11.5. The monoisotopic (exact) mass is 283 g/mol. The van der Waals surface area contributed by atoms with Crippen LogP contribution in [0.15, 0.2) is 54.6 Å². The highest BCUT2D eigenvalue weighted by Gasteiger charge is 2.49. The number of para-hydroxylation sites is 1. The topological polar surface area (TPSA) is 72.6 Å². The van der Waals surface area contributed by atoms with Crippen LogP contribution in [0.2, 0.25) is 0 Å². The zero-order valence-corrected chi connectivity index (χ0v) is 11.5. The molecule has 4 nitrogen and oxygen atoms in total. The smallest absolute Gasteiger partial charge is 0.328 e. The standard InChI is InChI=1S/C17H17NO3/c18-17(16(19)20,12-6-7-12)13-8-10-15(11-9-13)21-14-4-2-1-3-5-14/h1-5,8-12H,6-7,18H2,(H,19,20). The third-order valence-electron chi connectivity index (χ3n) is 3.89. The first-order chi connectivity index (χ1) is 10.1. The molecule has 108 valence electrons. The molecule has 0 aliphatic heterocycles. The first-order valence-electron chi connectivity index (χ1n) is 6.96. The largest absolute Gasteiger partial charge is 0.480 e. The lowest BCUT2D eigenvalue weighted by Gasteiger charge is -2.25. The van der Waals surface area contributed by atoms with Crippen LogP contribution in [0.3, 0.4) is 0 Å². The van der Waals surface area contributed by atoms with Crippen LogP contribution in [0, 0.1) is 5.92 Å². The molecule has 0 bridgehead atoms. The number of benzene rings is 2. The van der Waals surface area contributed by atoms with Crippen molar-refractivity contribution in [2.24, 2.45) is 11.7 Å². The van der Waals surface area contributed by atoms with Crippen LogP contribution >= 0.6 is 0 Å². The van der Waals surface area contributed by atoms with E-state index >= 15 is 0 Å². The van der Waals surface area contributed by atoms with Gasteiger partial charge in [0.25, 0.3) is 0 Å². The Bertz CT molecular complexity index is 635. The van der Waals surface area contributed by atoms with Crippen molar-refractivity contribution in [2.45, 2.75) is 18.4 Å². The van der Waals surface area contributed by atoms with E-state index in [1.54, 1.807) is 24.3 Å². The molecule has 4 heteroatoms. The minimum atomic E-state index is -1.29. The van der Waals surface area contributed by atoms with Crippen LogP contribution in [-0.2, 0) is 10.3 Å². The van der Waals surface area contributed by atoms with Gasteiger partial charge in [-0.05, 0) is 48.6 Å². The predicted molar refractivity (Wildman–Crippen MR) is 79.2 cm³/mol. The van der Waals surface area contributed by atoms with Crippen molar-refractivity contribution in [1.29, 1.82) is 0 Å². The Morgan fingerprint density at radius 2 is 1.62 bits per heavy atom. The third-order valence-corrected chi connectivity index (χ3v) is 3.89. The van der Waals surface area contributed by atoms with Crippen molar-refractivity contribution in [3.63, 3.8) is 0 Å². The molecule has 2 aromatic rings. The van der Waals surface area contributed by atoms with Gasteiger partial charge in [-0.25, -0.2) is 4.79 Å². The van der Waals surface area contributed by atoms with Gasteiger partial charge < -0.3 is 15.6 Å². The number of carboxylic acids is 1. The minimum Gasteiger partial charge on any atom is -0.480 e. The molecule has 21 heavy (non-hydrogen) atoms. The summed E-state index contributed by atoms with van der Waals surface area (Å²) in [5, 5.41) is 9.44. The van der Waals surface area contributed by atoms with Gasteiger partial charge in [-0.2, -0.15) is 0 Å². The fourth-order valence-electron chi connectivity index (χ4n) is 2.50. The molecule has 3 rings (SSSR count). The summed E-state index contributed by atoms with van der Waals surface area (Å²) in [6, 6.07) is 16.4. The number of nitrogens with two attached hydrogens (primary N) is 1. The lowest BCUT2D eigenvalue weighted by molar-refractivity contribution is -0.144. The van der Waals surface area contributed by atoms with E-state index in [-0.39, 0.29) is 5.92 Å². The summed E-state index contributed by atoms with van der Waals surface area (Å²) in [5.74, 6) is 0.454. The van der Waals surface area contributed by atoms with Crippen molar-refractivity contribution >= 4 is 5.97 Å². The highest BCUT2D eigenvalue weighted by molar-refractivity contribution is 5.81. The van der Waals surface area contributed by atoms with E-state index in [2.05, 4.69) is 0 Å². The molecule has 0 heterocycles. The van der Waals surface area contributed by atoms with Gasteiger partial charge in [0.2, 0.25) is 0 Å². The fourth-order valence-corrected chi connectivity index (χ4v) is 2.50. The Kier molecular flexibility index (Phi) is 3.39. The molecular weight excluding hydrogens is 266 g/mol. The summed E-state index contributed by atoms with van der Waals surface area (Å²) in [5.41, 5.74) is 5.47. The number of carbonyl (C=O) groups is 1. The van der Waals surface area contributed by atoms with E-state index in [0.29, 0.717) is 11.3 Å². The van der Waals surface area contributed by atoms with E-state index < -0.39 is 11.5 Å². The fraction of sp³-hybridized carbons (Fsp3) is 0.235. The van der Waals surface area contributed by atoms with E-state index in [1.807, 2.05) is 30.3 Å². The summed E-state index contributed by atoms with van der Waals surface area (Å²) in [6.45, 7) is 0. The van der Waals surface area contributed by atoms with Crippen molar-refractivity contribution < 1.29 is 14.6 Å². The summed E-state index contributed by atoms with van der Waals surface area (Å²) >= 11 is 0. The number of ether oxygens (including phenoxy) is 1. The van der Waals surface area contributed by atoms with Crippen LogP contribution in [0.4, 0.5) is 0 Å². The molecule has 1 unspecified atom stereocenters. The van der Waals surface area contributed by atoms with E-state index in [4.69, 9.17) is 10.5 Å². The summed E-state index contributed by atoms with van der Waals surface area (Å²) in [7, 11) is 0. The molecular formula is C17H17NO3. The maximum atomic E-state index is 11.5. The lowest BCUT2D eigenvalue weighted by Crippen LogP contribution is -2.46. The second kappa shape index (κ2) is 5.22. The second-order valence-corrected chi connectivity index (χ2v) is 5.39. The van der Waals surface area contributed by atoms with Gasteiger partial charge in [-0.3, -0.25) is 0 Å². The molecule has 0 radical (unpaired) electrons. The zero-order valence-electron chi connectivity index (χ0n) is 11.5. The number of rotatable bonds is 5. The van der Waals surface area contributed by atoms with Crippen LogP contribution in [-0.4, -0.2) is 11.1 Å². The molecule has 1 aliphatic carbocycles. The number of aliphatic carboxylic acids is 1. The molecule has 3 N–H and O–H groups in total. The van der Waals surface area contributed by atoms with Crippen molar-refractivity contribution in [3.8, 4) is 11.5 Å². The Balaban J connectivity index is 1.82. The van der Waals surface area contributed by atoms with Crippen LogP contribution in [0.1, 0.15) is 18.4 Å². The molecule has 0 saturated heterocycles. The average molecular weight is 283 g/mol. The normalized spacial score (nSPS) is 17.0. The first-order valence-corrected chi connectivity index (χ1v) is 6.96. The zero-order chi connectivity index (χ0) is 14.9. The van der Waals surface area contributed by atoms with Gasteiger partial charge in [0.1, 0.15) is 17.0 Å². The number of carboxylic acid groups (broad SMARTS) is 1. The maximum Gasteiger partial charge on any atom is 0.328 e. The van der Waals surface area contributed by atoms with Crippen LogP contribution in [0.25, 0.3) is 0 Å². The van der Waals surface area contributed by atoms with Crippen LogP contribution in [0.5, 0.6) is 11.5 Å². The minimum absolute atomic E-state index is 0.0240. The van der Waals surface area contributed by atoms with Gasteiger partial charge >= 0.3 is 5.97 Å². The molecule has 0 spiro atoms. The second-order valence-electron chi connectivity index (χ2n) is 5.39. The third kappa shape index (κ3) is 2.62. The van der Waals surface area contributed by atoms with Gasteiger partial charge in [-0.15, -0.1) is 0 Å². The highest BCUT2D eigenvalue weighted by Crippen LogP contribution is 2.44. The van der Waals surface area contributed by atoms with Crippen molar-refractivity contribution in [3.05, 3.63) is 60.2 Å².